The zero-order chi connectivity index (χ0) is 15.7. The van der Waals surface area contributed by atoms with Crippen LogP contribution in [0.1, 0.15) is 69.1 Å². The molecule has 1 heterocycles. The van der Waals surface area contributed by atoms with Gasteiger partial charge >= 0.3 is 51.4 Å². The molecular weight excluding hydrogens is 331 g/mol. The smallest absolute Gasteiger partial charge is 0.853 e. The number of rotatable bonds is 13. The Kier molecular flexibility index (Phi) is 19.8. The van der Waals surface area contributed by atoms with Crippen LogP contribution in [0.25, 0.3) is 0 Å². The molecule has 0 fully saturated rings. The number of unbranched alkanes of at least 4 members (excludes halogenated alkanes) is 9. The van der Waals surface area contributed by atoms with E-state index in [0.717, 1.165) is 19.4 Å². The fraction of sp³-hybridized carbons (Fsp3) is 0.684. The van der Waals surface area contributed by atoms with Crippen LogP contribution in [0, 0.1) is 11.8 Å². The summed E-state index contributed by atoms with van der Waals surface area (Å²) in [4.78, 5) is 1.18. The molecule has 0 radical (unpaired) electrons. The monoisotopic (exact) mass is 360 g/mol. The minimum atomic E-state index is -0.111. The molecule has 0 bridgehead atoms. The topological polar surface area (TPSA) is 32.3 Å². The molecule has 0 aliphatic heterocycles. The molecule has 0 unspecified atom stereocenters. The fourth-order valence-corrected chi connectivity index (χ4v) is 2.91. The summed E-state index contributed by atoms with van der Waals surface area (Å²) in [6.45, 7) is 1.02. The summed E-state index contributed by atoms with van der Waals surface area (Å²) in [5, 5.41) is 12.2. The second-order valence-electron chi connectivity index (χ2n) is 5.53. The summed E-state index contributed by atoms with van der Waals surface area (Å²) >= 11 is 1.71. The van der Waals surface area contributed by atoms with E-state index < -0.39 is 0 Å². The Morgan fingerprint density at radius 3 is 2.17 bits per heavy atom. The van der Waals surface area contributed by atoms with Gasteiger partial charge in [0, 0.05) is 19.6 Å². The van der Waals surface area contributed by atoms with Crippen molar-refractivity contribution in [3.63, 3.8) is 0 Å². The van der Waals surface area contributed by atoms with E-state index >= 15 is 0 Å². The van der Waals surface area contributed by atoms with Gasteiger partial charge in [0.1, 0.15) is 0 Å². The van der Waals surface area contributed by atoms with Crippen molar-refractivity contribution < 1.29 is 61.2 Å². The molecule has 0 saturated heterocycles. The Hall–Kier alpha value is 0.816. The second kappa shape index (κ2) is 19.1. The third kappa shape index (κ3) is 16.1. The van der Waals surface area contributed by atoms with E-state index in [1.165, 1.54) is 56.2 Å². The maximum absolute atomic E-state index is 10.2. The molecule has 0 atom stereocenters. The third-order valence-corrected chi connectivity index (χ3v) is 4.34. The molecule has 0 N–H and O–H groups in total. The fourth-order valence-electron chi connectivity index (χ4n) is 2.32. The average molecular weight is 361 g/mol. The summed E-state index contributed by atoms with van der Waals surface area (Å²) in [7, 11) is 0. The van der Waals surface area contributed by atoms with Gasteiger partial charge in [-0.05, 0) is 24.3 Å². The number of thiophene rings is 1. The average Bonchev–Trinajstić information content (AvgIpc) is 3.04. The van der Waals surface area contributed by atoms with Gasteiger partial charge in [-0.15, -0.1) is 17.9 Å². The van der Waals surface area contributed by atoms with Crippen molar-refractivity contribution in [1.29, 1.82) is 0 Å². The van der Waals surface area contributed by atoms with E-state index in [4.69, 9.17) is 4.74 Å². The minimum absolute atomic E-state index is 0. The maximum Gasteiger partial charge on any atom is 1.00 e. The molecule has 0 amide bonds. The molecule has 0 aliphatic rings. The van der Waals surface area contributed by atoms with Gasteiger partial charge in [0.05, 0.1) is 4.88 Å². The van der Waals surface area contributed by atoms with Gasteiger partial charge in [-0.25, -0.2) is 0 Å². The standard InChI is InChI=1S/C19H29O2S.K/c20-15-17-21-16-11-9-7-5-3-1-2-4-6-8-10-13-19-14-12-18-22-19;/h12,14,18H,1-9,11,15-17H2;/q-1;+1. The normalized spacial score (nSPS) is 9.96. The van der Waals surface area contributed by atoms with Crippen LogP contribution >= 0.6 is 11.3 Å². The van der Waals surface area contributed by atoms with Crippen LogP contribution in [-0.2, 0) is 4.74 Å². The van der Waals surface area contributed by atoms with E-state index in [2.05, 4.69) is 23.3 Å². The summed E-state index contributed by atoms with van der Waals surface area (Å²) < 4.78 is 5.18. The summed E-state index contributed by atoms with van der Waals surface area (Å²) in [5.74, 6) is 6.47. The largest absolute Gasteiger partial charge is 1.00 e. The predicted molar refractivity (Wildman–Crippen MR) is 93.1 cm³/mol. The Morgan fingerprint density at radius 1 is 0.913 bits per heavy atom. The van der Waals surface area contributed by atoms with Gasteiger partial charge in [0.2, 0.25) is 0 Å². The van der Waals surface area contributed by atoms with Gasteiger partial charge < -0.3 is 9.84 Å². The van der Waals surface area contributed by atoms with E-state index in [9.17, 15) is 5.11 Å². The summed E-state index contributed by atoms with van der Waals surface area (Å²) in [6.07, 6.45) is 12.6. The predicted octanol–water partition coefficient (Wildman–Crippen LogP) is 1.38. The first-order chi connectivity index (χ1) is 10.9. The molecule has 0 aromatic carbocycles. The van der Waals surface area contributed by atoms with Crippen LogP contribution in [0.2, 0.25) is 0 Å². The van der Waals surface area contributed by atoms with Gasteiger partial charge in [0.25, 0.3) is 0 Å². The molecule has 23 heavy (non-hydrogen) atoms. The number of ether oxygens (including phenoxy) is 1. The van der Waals surface area contributed by atoms with Crippen molar-refractivity contribution in [1.82, 2.24) is 0 Å². The van der Waals surface area contributed by atoms with Crippen molar-refractivity contribution in [2.75, 3.05) is 19.8 Å². The van der Waals surface area contributed by atoms with Crippen LogP contribution in [0.3, 0.4) is 0 Å². The van der Waals surface area contributed by atoms with E-state index in [1.807, 2.05) is 6.07 Å². The summed E-state index contributed by atoms with van der Waals surface area (Å²) in [5.41, 5.74) is 0. The van der Waals surface area contributed by atoms with Crippen molar-refractivity contribution in [3.8, 4) is 11.8 Å². The molecule has 0 spiro atoms. The van der Waals surface area contributed by atoms with Crippen LogP contribution in [0.15, 0.2) is 17.5 Å². The first kappa shape index (κ1) is 23.8. The van der Waals surface area contributed by atoms with Crippen molar-refractivity contribution in [2.45, 2.75) is 64.2 Å². The van der Waals surface area contributed by atoms with Gasteiger partial charge in [-0.3, -0.25) is 0 Å². The molecule has 2 nitrogen and oxygen atoms in total. The van der Waals surface area contributed by atoms with Crippen LogP contribution < -0.4 is 56.5 Å². The Bertz CT molecular complexity index is 395. The number of hydrogen-bond donors (Lipinski definition) is 0. The molecule has 1 aromatic rings. The van der Waals surface area contributed by atoms with E-state index in [1.54, 1.807) is 11.3 Å². The molecule has 124 valence electrons. The minimum Gasteiger partial charge on any atom is -0.853 e. The maximum atomic E-state index is 10.2. The Labute approximate surface area is 188 Å². The zero-order valence-corrected chi connectivity index (χ0v) is 18.6. The first-order valence-corrected chi connectivity index (χ1v) is 9.49. The molecular formula is C19H29KO2S. The van der Waals surface area contributed by atoms with E-state index in [-0.39, 0.29) is 58.0 Å². The molecule has 0 saturated carbocycles. The molecule has 4 heteroatoms. The number of hydrogen-bond acceptors (Lipinski definition) is 3. The van der Waals surface area contributed by atoms with Gasteiger partial charge in [-0.2, -0.15) is 0 Å². The zero-order valence-electron chi connectivity index (χ0n) is 14.6. The van der Waals surface area contributed by atoms with Crippen LogP contribution in [0.5, 0.6) is 0 Å². The molecule has 1 aromatic heterocycles. The van der Waals surface area contributed by atoms with Crippen LogP contribution in [-0.4, -0.2) is 19.8 Å². The first-order valence-electron chi connectivity index (χ1n) is 8.61. The third-order valence-electron chi connectivity index (χ3n) is 3.55. The van der Waals surface area contributed by atoms with Crippen molar-refractivity contribution >= 4 is 11.3 Å². The SMILES string of the molecule is [K+].[O-]CCOCCCCCCCCCCCC#Cc1cccs1. The summed E-state index contributed by atoms with van der Waals surface area (Å²) in [6, 6.07) is 4.13. The second-order valence-corrected chi connectivity index (χ2v) is 6.48. The Balaban J connectivity index is 0.00000484. The van der Waals surface area contributed by atoms with Crippen molar-refractivity contribution in [3.05, 3.63) is 22.4 Å². The Morgan fingerprint density at radius 2 is 1.57 bits per heavy atom. The van der Waals surface area contributed by atoms with Crippen molar-refractivity contribution in [2.24, 2.45) is 0 Å². The van der Waals surface area contributed by atoms with Crippen LogP contribution in [0.4, 0.5) is 0 Å². The van der Waals surface area contributed by atoms with Gasteiger partial charge in [0.15, 0.2) is 0 Å². The molecule has 0 aliphatic carbocycles. The quantitative estimate of drug-likeness (QED) is 0.302. The molecule has 1 rings (SSSR count). The van der Waals surface area contributed by atoms with Gasteiger partial charge in [-0.1, -0.05) is 62.9 Å². The van der Waals surface area contributed by atoms with E-state index in [0.29, 0.717) is 6.61 Å².